The molecule has 33 heavy (non-hydrogen) atoms. The first kappa shape index (κ1) is 24.3. The number of hydrogen-bond donors (Lipinski definition) is 2. The van der Waals surface area contributed by atoms with Crippen LogP contribution in [0.25, 0.3) is 5.52 Å². The van der Waals surface area contributed by atoms with Gasteiger partial charge in [-0.05, 0) is 37.8 Å². The second-order valence-electron chi connectivity index (χ2n) is 6.59. The first-order valence-electron chi connectivity index (χ1n) is 9.82. The summed E-state index contributed by atoms with van der Waals surface area (Å²) in [6, 6.07) is 5.31. The number of esters is 2. The fraction of sp³-hybridized carbons (Fsp3) is 0.286. The van der Waals surface area contributed by atoms with Crippen LogP contribution < -0.4 is 10.6 Å². The summed E-state index contributed by atoms with van der Waals surface area (Å²) in [6.07, 6.45) is 3.61. The molecule has 0 saturated heterocycles. The minimum absolute atomic E-state index is 0.0878. The lowest BCUT2D eigenvalue weighted by Gasteiger charge is -2.07. The highest BCUT2D eigenvalue weighted by atomic mass is 32.2. The summed E-state index contributed by atoms with van der Waals surface area (Å²) >= 11 is 2.30. The van der Waals surface area contributed by atoms with Crippen LogP contribution in [0.3, 0.4) is 0 Å². The number of anilines is 1. The van der Waals surface area contributed by atoms with Crippen LogP contribution in [0.4, 0.5) is 5.00 Å². The van der Waals surface area contributed by atoms with Gasteiger partial charge in [-0.15, -0.1) is 11.3 Å². The number of fused-ring (bicyclic) bond motifs is 1. The van der Waals surface area contributed by atoms with Gasteiger partial charge in [-0.1, -0.05) is 17.8 Å². The van der Waals surface area contributed by atoms with Crippen LogP contribution in [0.15, 0.2) is 29.6 Å². The normalized spacial score (nSPS) is 10.7. The van der Waals surface area contributed by atoms with Crippen molar-refractivity contribution in [3.05, 3.63) is 46.1 Å². The summed E-state index contributed by atoms with van der Waals surface area (Å²) in [4.78, 5) is 54.2. The summed E-state index contributed by atoms with van der Waals surface area (Å²) in [7, 11) is 1.46. The lowest BCUT2D eigenvalue weighted by atomic mass is 10.1. The molecule has 3 rings (SSSR count). The number of nitrogens with one attached hydrogen (secondary N) is 2. The lowest BCUT2D eigenvalue weighted by Crippen LogP contribution is -2.22. The van der Waals surface area contributed by atoms with Crippen molar-refractivity contribution in [2.24, 2.45) is 0 Å². The number of aromatic nitrogens is 2. The molecule has 0 radical (unpaired) electrons. The number of ether oxygens (including phenoxy) is 2. The first-order chi connectivity index (χ1) is 15.8. The van der Waals surface area contributed by atoms with Crippen LogP contribution in [0.1, 0.15) is 43.0 Å². The lowest BCUT2D eigenvalue weighted by molar-refractivity contribution is -0.119. The van der Waals surface area contributed by atoms with E-state index < -0.39 is 30.4 Å². The number of rotatable bonds is 8. The number of imidazole rings is 1. The molecule has 2 N–H and O–H groups in total. The van der Waals surface area contributed by atoms with Gasteiger partial charge in [0.1, 0.15) is 5.00 Å². The molecule has 3 heterocycles. The Morgan fingerprint density at radius 2 is 1.94 bits per heavy atom. The Kier molecular flexibility index (Phi) is 7.71. The Hall–Kier alpha value is -3.38. The number of pyridine rings is 1. The molecule has 0 unspecified atom stereocenters. The van der Waals surface area contributed by atoms with E-state index in [-0.39, 0.29) is 27.7 Å². The Labute approximate surface area is 197 Å². The molecule has 0 aliphatic heterocycles. The zero-order valence-electron chi connectivity index (χ0n) is 18.4. The number of amides is 2. The summed E-state index contributed by atoms with van der Waals surface area (Å²) < 4.78 is 12.0. The van der Waals surface area contributed by atoms with Crippen LogP contribution in [0.2, 0.25) is 0 Å². The van der Waals surface area contributed by atoms with E-state index in [4.69, 9.17) is 9.47 Å². The molecule has 12 heteroatoms. The fourth-order valence-corrected chi connectivity index (χ4v) is 4.74. The van der Waals surface area contributed by atoms with E-state index in [1.165, 1.54) is 18.8 Å². The number of nitrogens with zero attached hydrogens (tertiary/aromatic N) is 2. The van der Waals surface area contributed by atoms with E-state index in [0.29, 0.717) is 16.2 Å². The van der Waals surface area contributed by atoms with Crippen molar-refractivity contribution in [2.75, 3.05) is 31.8 Å². The van der Waals surface area contributed by atoms with Gasteiger partial charge < -0.3 is 20.1 Å². The van der Waals surface area contributed by atoms with Crippen LogP contribution in [-0.4, -0.2) is 59.7 Å². The average Bonchev–Trinajstić information content (AvgIpc) is 3.34. The van der Waals surface area contributed by atoms with Gasteiger partial charge in [0.05, 0.1) is 22.6 Å². The quantitative estimate of drug-likeness (QED) is 0.364. The third-order valence-electron chi connectivity index (χ3n) is 4.54. The van der Waals surface area contributed by atoms with Crippen molar-refractivity contribution in [1.29, 1.82) is 0 Å². The molecule has 3 aromatic heterocycles. The van der Waals surface area contributed by atoms with Gasteiger partial charge >= 0.3 is 11.9 Å². The van der Waals surface area contributed by atoms with Crippen molar-refractivity contribution in [3.63, 3.8) is 0 Å². The van der Waals surface area contributed by atoms with Gasteiger partial charge in [-0.2, -0.15) is 0 Å². The van der Waals surface area contributed by atoms with E-state index in [2.05, 4.69) is 15.6 Å². The molecule has 0 saturated carbocycles. The van der Waals surface area contributed by atoms with Crippen molar-refractivity contribution >= 4 is 57.4 Å². The van der Waals surface area contributed by atoms with Crippen molar-refractivity contribution < 1.29 is 28.7 Å². The van der Waals surface area contributed by atoms with E-state index in [1.54, 1.807) is 36.6 Å². The summed E-state index contributed by atoms with van der Waals surface area (Å²) in [5, 5.41) is 5.78. The highest BCUT2D eigenvalue weighted by molar-refractivity contribution is 7.98. The maximum Gasteiger partial charge on any atom is 0.359 e. The number of thiophene rings is 1. The second-order valence-corrected chi connectivity index (χ2v) is 8.38. The number of hydrogen-bond acceptors (Lipinski definition) is 9. The molecular weight excluding hydrogens is 468 g/mol. The topological polar surface area (TPSA) is 128 Å². The zero-order valence-corrected chi connectivity index (χ0v) is 20.0. The van der Waals surface area contributed by atoms with Gasteiger partial charge in [0, 0.05) is 13.2 Å². The zero-order chi connectivity index (χ0) is 24.1. The average molecular weight is 491 g/mol. The van der Waals surface area contributed by atoms with Crippen molar-refractivity contribution in [2.45, 2.75) is 19.0 Å². The predicted octanol–water partition coefficient (Wildman–Crippen LogP) is 2.76. The Bertz CT molecular complexity index is 1230. The van der Waals surface area contributed by atoms with Crippen molar-refractivity contribution in [1.82, 2.24) is 14.7 Å². The molecule has 10 nitrogen and oxygen atoms in total. The van der Waals surface area contributed by atoms with Gasteiger partial charge in [0.2, 0.25) is 0 Å². The van der Waals surface area contributed by atoms with E-state index in [1.807, 2.05) is 12.3 Å². The van der Waals surface area contributed by atoms with Crippen molar-refractivity contribution in [3.8, 4) is 0 Å². The molecule has 0 fully saturated rings. The molecule has 0 bridgehead atoms. The van der Waals surface area contributed by atoms with Gasteiger partial charge in [0.25, 0.3) is 11.8 Å². The Balaban J connectivity index is 1.77. The van der Waals surface area contributed by atoms with Crippen LogP contribution in [0.5, 0.6) is 0 Å². The standard InChI is InChI=1S/C21H22N4O6S2/c1-5-30-19(28)14-11(2)16(17(27)22-3)33-18(14)23-13(26)10-31-20(29)15-12-8-6-7-9-25(12)21(24-15)32-4/h6-9H,5,10H2,1-4H3,(H,22,27)(H,23,26). The number of thioether (sulfide) groups is 1. The van der Waals surface area contributed by atoms with E-state index in [9.17, 15) is 19.2 Å². The molecule has 3 aromatic rings. The third kappa shape index (κ3) is 5.01. The van der Waals surface area contributed by atoms with Gasteiger partial charge in [0.15, 0.2) is 17.5 Å². The smallest absolute Gasteiger partial charge is 0.359 e. The molecule has 0 aliphatic rings. The molecular formula is C21H22N4O6S2. The number of carbonyl (C=O) groups excluding carboxylic acids is 4. The highest BCUT2D eigenvalue weighted by Gasteiger charge is 2.27. The maximum atomic E-state index is 12.6. The SMILES string of the molecule is CCOC(=O)c1c(NC(=O)COC(=O)c2nc(SC)n3ccccc23)sc(C(=O)NC)c1C. The van der Waals surface area contributed by atoms with E-state index in [0.717, 1.165) is 11.3 Å². The van der Waals surface area contributed by atoms with Crippen LogP contribution in [0, 0.1) is 6.92 Å². The highest BCUT2D eigenvalue weighted by Crippen LogP contribution is 2.33. The molecule has 0 spiro atoms. The Morgan fingerprint density at radius 3 is 2.61 bits per heavy atom. The maximum absolute atomic E-state index is 12.6. The van der Waals surface area contributed by atoms with Gasteiger partial charge in [-0.25, -0.2) is 14.6 Å². The molecule has 0 atom stereocenters. The third-order valence-corrected chi connectivity index (χ3v) is 6.40. The molecule has 2 amide bonds. The summed E-state index contributed by atoms with van der Waals surface area (Å²) in [5.41, 5.74) is 1.12. The minimum atomic E-state index is -0.756. The second kappa shape index (κ2) is 10.5. The van der Waals surface area contributed by atoms with Crippen LogP contribution >= 0.6 is 23.1 Å². The number of carbonyl (C=O) groups is 4. The molecule has 0 aliphatic carbocycles. The van der Waals surface area contributed by atoms with E-state index >= 15 is 0 Å². The monoisotopic (exact) mass is 490 g/mol. The van der Waals surface area contributed by atoms with Gasteiger partial charge in [-0.3, -0.25) is 14.0 Å². The molecule has 174 valence electrons. The predicted molar refractivity (Wildman–Crippen MR) is 124 cm³/mol. The largest absolute Gasteiger partial charge is 0.462 e. The fourth-order valence-electron chi connectivity index (χ4n) is 3.05. The summed E-state index contributed by atoms with van der Waals surface area (Å²) in [5.74, 6) is -2.49. The molecule has 0 aromatic carbocycles. The minimum Gasteiger partial charge on any atom is -0.462 e. The van der Waals surface area contributed by atoms with Crippen LogP contribution in [-0.2, 0) is 14.3 Å². The Morgan fingerprint density at radius 1 is 1.18 bits per heavy atom. The summed E-state index contributed by atoms with van der Waals surface area (Å²) in [6.45, 7) is 2.77. The first-order valence-corrected chi connectivity index (χ1v) is 11.9.